The first-order chi connectivity index (χ1) is 9.66. The topological polar surface area (TPSA) is 0 Å². The largest absolute Gasteiger partial charge is 0.207 e. The predicted octanol–water partition coefficient (Wildman–Crippen LogP) is 6.10. The van der Waals surface area contributed by atoms with E-state index in [1.54, 1.807) is 6.08 Å². The number of halogens is 1. The van der Waals surface area contributed by atoms with Gasteiger partial charge in [0.2, 0.25) is 0 Å². The highest BCUT2D eigenvalue weighted by Crippen LogP contribution is 2.25. The molecule has 1 aliphatic rings. The van der Waals surface area contributed by atoms with E-state index in [0.717, 1.165) is 23.1 Å². The van der Waals surface area contributed by atoms with Crippen molar-refractivity contribution in [3.05, 3.63) is 78.2 Å². The van der Waals surface area contributed by atoms with Crippen LogP contribution >= 0.6 is 0 Å². The fourth-order valence-electron chi connectivity index (χ4n) is 1.99. The fraction of sp³-hybridized carbons (Fsp3) is 0.263. The van der Waals surface area contributed by atoms with Gasteiger partial charge in [-0.3, -0.25) is 0 Å². The summed E-state index contributed by atoms with van der Waals surface area (Å²) in [5.74, 6) is 0.173. The van der Waals surface area contributed by atoms with Crippen LogP contribution in [0.3, 0.4) is 0 Å². The SMILES string of the molecule is C=C(/C=C/C1C=CC(F)=C(C)C1)c1ccccc1.CC. The molecule has 0 saturated carbocycles. The number of benzene rings is 1. The van der Waals surface area contributed by atoms with E-state index < -0.39 is 0 Å². The van der Waals surface area contributed by atoms with Crippen LogP contribution in [0.5, 0.6) is 0 Å². The van der Waals surface area contributed by atoms with E-state index in [9.17, 15) is 4.39 Å². The van der Waals surface area contributed by atoms with Gasteiger partial charge < -0.3 is 0 Å². The zero-order valence-corrected chi connectivity index (χ0v) is 12.6. The van der Waals surface area contributed by atoms with E-state index in [0.29, 0.717) is 0 Å². The summed E-state index contributed by atoms with van der Waals surface area (Å²) in [5.41, 5.74) is 2.92. The van der Waals surface area contributed by atoms with Crippen LogP contribution < -0.4 is 0 Å². The Morgan fingerprint density at radius 3 is 2.50 bits per heavy atom. The molecule has 1 aromatic carbocycles. The van der Waals surface area contributed by atoms with Crippen molar-refractivity contribution in [3.63, 3.8) is 0 Å². The van der Waals surface area contributed by atoms with Gasteiger partial charge in [-0.25, -0.2) is 4.39 Å². The summed E-state index contributed by atoms with van der Waals surface area (Å²) in [6.07, 6.45) is 8.31. The minimum atomic E-state index is -0.0958. The molecule has 20 heavy (non-hydrogen) atoms. The summed E-state index contributed by atoms with van der Waals surface area (Å²) in [4.78, 5) is 0. The maximum atomic E-state index is 13.2. The van der Waals surface area contributed by atoms with Gasteiger partial charge in [0, 0.05) is 0 Å². The number of hydrogen-bond donors (Lipinski definition) is 0. The van der Waals surface area contributed by atoms with Gasteiger partial charge in [0.15, 0.2) is 0 Å². The number of allylic oxidation sites excluding steroid dienone is 7. The molecular formula is C19H23F. The van der Waals surface area contributed by atoms with Crippen molar-refractivity contribution >= 4 is 5.57 Å². The Hall–Kier alpha value is -1.89. The zero-order valence-electron chi connectivity index (χ0n) is 12.6. The molecule has 1 heteroatoms. The average molecular weight is 270 g/mol. The molecule has 0 aromatic heterocycles. The molecule has 2 rings (SSSR count). The van der Waals surface area contributed by atoms with Gasteiger partial charge in [-0.05, 0) is 42.0 Å². The Morgan fingerprint density at radius 2 is 1.90 bits per heavy atom. The average Bonchev–Trinajstić information content (AvgIpc) is 2.51. The Morgan fingerprint density at radius 1 is 1.25 bits per heavy atom. The van der Waals surface area contributed by atoms with Gasteiger partial charge in [-0.2, -0.15) is 0 Å². The lowest BCUT2D eigenvalue weighted by molar-refractivity contribution is 0.618. The van der Waals surface area contributed by atoms with Crippen molar-refractivity contribution in [2.75, 3.05) is 0 Å². The molecular weight excluding hydrogens is 247 g/mol. The maximum absolute atomic E-state index is 13.2. The Bertz CT molecular complexity index is 518. The van der Waals surface area contributed by atoms with Gasteiger partial charge in [0.05, 0.1) is 0 Å². The first-order valence-electron chi connectivity index (χ1n) is 7.13. The molecule has 0 saturated heterocycles. The van der Waals surface area contributed by atoms with Crippen molar-refractivity contribution < 1.29 is 4.39 Å². The molecule has 0 aliphatic heterocycles. The molecule has 0 fully saturated rings. The second-order valence-electron chi connectivity index (χ2n) is 4.61. The van der Waals surface area contributed by atoms with Crippen LogP contribution in [0.1, 0.15) is 32.8 Å². The van der Waals surface area contributed by atoms with Crippen LogP contribution in [0.15, 0.2) is 72.6 Å². The highest BCUT2D eigenvalue weighted by molar-refractivity contribution is 5.71. The lowest BCUT2D eigenvalue weighted by atomic mass is 9.93. The molecule has 0 N–H and O–H groups in total. The third-order valence-electron chi connectivity index (χ3n) is 3.13. The molecule has 1 aromatic rings. The van der Waals surface area contributed by atoms with Crippen LogP contribution in [0.2, 0.25) is 0 Å². The first kappa shape index (κ1) is 16.2. The van der Waals surface area contributed by atoms with Gasteiger partial charge in [0.25, 0.3) is 0 Å². The normalized spacial score (nSPS) is 17.9. The molecule has 106 valence electrons. The van der Waals surface area contributed by atoms with Gasteiger partial charge in [-0.15, -0.1) is 0 Å². The van der Waals surface area contributed by atoms with Crippen molar-refractivity contribution in [1.82, 2.24) is 0 Å². The zero-order chi connectivity index (χ0) is 15.0. The number of rotatable bonds is 3. The minimum absolute atomic E-state index is 0.0958. The van der Waals surface area contributed by atoms with E-state index in [4.69, 9.17) is 0 Å². The highest BCUT2D eigenvalue weighted by Gasteiger charge is 2.10. The standard InChI is InChI=1S/C17H17F.C2H6/c1-13(16-6-4-3-5-7-16)8-9-15-10-11-17(18)14(2)12-15;1-2/h3-11,15H,1,12H2,2H3;1-2H3/b9-8+;. The van der Waals surface area contributed by atoms with Crippen molar-refractivity contribution in [3.8, 4) is 0 Å². The summed E-state index contributed by atoms with van der Waals surface area (Å²) in [6.45, 7) is 9.89. The van der Waals surface area contributed by atoms with Crippen molar-refractivity contribution in [2.45, 2.75) is 27.2 Å². The lowest BCUT2D eigenvalue weighted by Crippen LogP contribution is -1.99. The molecule has 1 aliphatic carbocycles. The Kier molecular flexibility index (Phi) is 6.72. The van der Waals surface area contributed by atoms with E-state index in [1.807, 2.05) is 63.3 Å². The molecule has 1 atom stereocenters. The minimum Gasteiger partial charge on any atom is -0.207 e. The van der Waals surface area contributed by atoms with Crippen LogP contribution in [0, 0.1) is 5.92 Å². The second kappa shape index (κ2) is 8.31. The highest BCUT2D eigenvalue weighted by atomic mass is 19.1. The van der Waals surface area contributed by atoms with Crippen LogP contribution in [0.25, 0.3) is 5.57 Å². The van der Waals surface area contributed by atoms with Crippen molar-refractivity contribution in [1.29, 1.82) is 0 Å². The third kappa shape index (κ3) is 4.65. The van der Waals surface area contributed by atoms with Crippen LogP contribution in [-0.2, 0) is 0 Å². The molecule has 0 radical (unpaired) electrons. The van der Waals surface area contributed by atoms with E-state index in [1.165, 1.54) is 0 Å². The Balaban J connectivity index is 0.000000956. The van der Waals surface area contributed by atoms with Crippen molar-refractivity contribution in [2.24, 2.45) is 5.92 Å². The Labute approximate surface area is 122 Å². The maximum Gasteiger partial charge on any atom is 0.121 e. The second-order valence-corrected chi connectivity index (χ2v) is 4.61. The monoisotopic (exact) mass is 270 g/mol. The van der Waals surface area contributed by atoms with Gasteiger partial charge >= 0.3 is 0 Å². The van der Waals surface area contributed by atoms with E-state index in [2.05, 4.69) is 12.7 Å². The summed E-state index contributed by atoms with van der Waals surface area (Å²) in [5, 5.41) is 0. The number of hydrogen-bond acceptors (Lipinski definition) is 0. The molecule has 0 heterocycles. The molecule has 0 nitrogen and oxygen atoms in total. The molecule has 0 spiro atoms. The molecule has 0 bridgehead atoms. The van der Waals surface area contributed by atoms with E-state index in [-0.39, 0.29) is 11.7 Å². The summed E-state index contributed by atoms with van der Waals surface area (Å²) in [7, 11) is 0. The van der Waals surface area contributed by atoms with E-state index >= 15 is 0 Å². The van der Waals surface area contributed by atoms with Crippen LogP contribution in [0.4, 0.5) is 4.39 Å². The summed E-state index contributed by atoms with van der Waals surface area (Å²) in [6, 6.07) is 10.1. The smallest absolute Gasteiger partial charge is 0.121 e. The molecule has 0 amide bonds. The molecule has 1 unspecified atom stereocenters. The van der Waals surface area contributed by atoms with Crippen LogP contribution in [-0.4, -0.2) is 0 Å². The van der Waals surface area contributed by atoms with Gasteiger partial charge in [-0.1, -0.05) is 69.0 Å². The third-order valence-corrected chi connectivity index (χ3v) is 3.13. The summed E-state index contributed by atoms with van der Waals surface area (Å²) < 4.78 is 13.2. The predicted molar refractivity (Wildman–Crippen MR) is 87.0 cm³/mol. The summed E-state index contributed by atoms with van der Waals surface area (Å²) >= 11 is 0. The quantitative estimate of drug-likeness (QED) is 0.582. The fourth-order valence-corrected chi connectivity index (χ4v) is 1.99. The first-order valence-corrected chi connectivity index (χ1v) is 7.13. The lowest BCUT2D eigenvalue weighted by Gasteiger charge is -2.13. The van der Waals surface area contributed by atoms with Gasteiger partial charge in [0.1, 0.15) is 5.83 Å².